The number of hydrogen-bond acceptors (Lipinski definition) is 5. The van der Waals surface area contributed by atoms with Gasteiger partial charge in [0.1, 0.15) is 25.3 Å². The van der Waals surface area contributed by atoms with Crippen LogP contribution < -0.4 is 0 Å². The van der Waals surface area contributed by atoms with E-state index in [1.165, 1.54) is 4.90 Å². The molecule has 3 unspecified atom stereocenters. The van der Waals surface area contributed by atoms with E-state index in [-0.39, 0.29) is 25.0 Å². The number of carbonyl (C=O) groups is 3. The van der Waals surface area contributed by atoms with Crippen LogP contribution in [0.2, 0.25) is 0 Å². The van der Waals surface area contributed by atoms with Gasteiger partial charge >= 0.3 is 12.1 Å². The Bertz CT molecular complexity index is 1340. The fourth-order valence-electron chi connectivity index (χ4n) is 5.40. The molecule has 3 aromatic carbocycles. The summed E-state index contributed by atoms with van der Waals surface area (Å²) in [5.41, 5.74) is 2.72. The topological polar surface area (TPSA) is 76.2 Å². The van der Waals surface area contributed by atoms with E-state index in [1.54, 1.807) is 4.90 Å². The summed E-state index contributed by atoms with van der Waals surface area (Å²) in [6.07, 6.45) is 3.75. The summed E-state index contributed by atoms with van der Waals surface area (Å²) in [6.45, 7) is 4.31. The molecule has 2 heterocycles. The molecule has 5 rings (SSSR count). The largest absolute Gasteiger partial charge is 0.459 e. The number of hydrogen-bond donors (Lipinski definition) is 0. The molecule has 40 heavy (non-hydrogen) atoms. The number of cyclic esters (lactones) is 1. The average molecular weight is 539 g/mol. The molecule has 7 heteroatoms. The molecular formula is C33H34N2O5. The van der Waals surface area contributed by atoms with Crippen molar-refractivity contribution in [1.82, 2.24) is 9.80 Å². The summed E-state index contributed by atoms with van der Waals surface area (Å²) in [5.74, 6) is -0.607. The fraction of sp³-hybridized carbons (Fsp3) is 0.303. The first-order chi connectivity index (χ1) is 19.4. The monoisotopic (exact) mass is 538 g/mol. The smallest absolute Gasteiger partial charge is 0.411 e. The van der Waals surface area contributed by atoms with Gasteiger partial charge < -0.3 is 14.4 Å². The lowest BCUT2D eigenvalue weighted by molar-refractivity contribution is -0.172. The second-order valence-corrected chi connectivity index (χ2v) is 10.6. The predicted molar refractivity (Wildman–Crippen MR) is 152 cm³/mol. The van der Waals surface area contributed by atoms with Gasteiger partial charge in [0.2, 0.25) is 5.91 Å². The molecule has 0 N–H and O–H groups in total. The van der Waals surface area contributed by atoms with E-state index < -0.39 is 36.2 Å². The second-order valence-electron chi connectivity index (χ2n) is 10.6. The van der Waals surface area contributed by atoms with Gasteiger partial charge in [-0.05, 0) is 29.0 Å². The van der Waals surface area contributed by atoms with Crippen LogP contribution in [-0.4, -0.2) is 52.5 Å². The Morgan fingerprint density at radius 2 is 1.57 bits per heavy atom. The van der Waals surface area contributed by atoms with Crippen LogP contribution in [0.1, 0.15) is 43.0 Å². The summed E-state index contributed by atoms with van der Waals surface area (Å²) >= 11 is 0. The van der Waals surface area contributed by atoms with Crippen LogP contribution in [0.15, 0.2) is 97.1 Å². The first kappa shape index (κ1) is 27.2. The summed E-state index contributed by atoms with van der Waals surface area (Å²) in [5, 5.41) is 0. The number of esters is 1. The number of rotatable bonds is 10. The molecule has 2 aliphatic heterocycles. The van der Waals surface area contributed by atoms with Gasteiger partial charge in [-0.3, -0.25) is 9.69 Å². The molecule has 2 fully saturated rings. The van der Waals surface area contributed by atoms with Crippen molar-refractivity contribution in [3.63, 3.8) is 0 Å². The van der Waals surface area contributed by atoms with Crippen molar-refractivity contribution in [3.05, 3.63) is 114 Å². The number of nitrogens with zero attached hydrogens (tertiary/aromatic N) is 2. The van der Waals surface area contributed by atoms with Crippen molar-refractivity contribution < 1.29 is 23.9 Å². The Morgan fingerprint density at radius 3 is 2.23 bits per heavy atom. The molecule has 0 saturated carbocycles. The molecule has 0 bridgehead atoms. The standard InChI is InChI=1S/C33H34N2O5/c1-23(2)20-28(32(37)39-21-25-14-8-4-9-15-25)34-27(19-18-24-12-6-3-7-13-24)30(31(34)36)35-29(22-40-33(35)38)26-16-10-5-11-17-26/h3-19,23,27-30H,20-22H2,1-2H3/t27?,28?,29-,30?/m0/s1. The lowest BCUT2D eigenvalue weighted by atomic mass is 9.86. The van der Waals surface area contributed by atoms with Crippen molar-refractivity contribution in [2.24, 2.45) is 5.92 Å². The molecule has 7 nitrogen and oxygen atoms in total. The minimum Gasteiger partial charge on any atom is -0.459 e. The highest BCUT2D eigenvalue weighted by atomic mass is 16.6. The Kier molecular flexibility index (Phi) is 8.29. The molecule has 0 spiro atoms. The third kappa shape index (κ3) is 5.78. The molecule has 2 amide bonds. The van der Waals surface area contributed by atoms with E-state index in [0.717, 1.165) is 16.7 Å². The lowest BCUT2D eigenvalue weighted by Crippen LogP contribution is -2.73. The van der Waals surface area contributed by atoms with Gasteiger partial charge in [-0.2, -0.15) is 0 Å². The average Bonchev–Trinajstić information content (AvgIpc) is 3.35. The van der Waals surface area contributed by atoms with E-state index >= 15 is 0 Å². The third-order valence-electron chi connectivity index (χ3n) is 7.36. The quantitative estimate of drug-likeness (QED) is 0.247. The molecule has 4 atom stereocenters. The third-order valence-corrected chi connectivity index (χ3v) is 7.36. The van der Waals surface area contributed by atoms with Crippen LogP contribution in [0.25, 0.3) is 6.08 Å². The van der Waals surface area contributed by atoms with Crippen LogP contribution in [0.3, 0.4) is 0 Å². The molecule has 0 aliphatic carbocycles. The van der Waals surface area contributed by atoms with Gasteiger partial charge in [-0.15, -0.1) is 0 Å². The summed E-state index contributed by atoms with van der Waals surface area (Å²) in [4.78, 5) is 43.6. The minimum atomic E-state index is -0.795. The Morgan fingerprint density at radius 1 is 0.950 bits per heavy atom. The van der Waals surface area contributed by atoms with Crippen molar-refractivity contribution in [2.75, 3.05) is 6.61 Å². The van der Waals surface area contributed by atoms with Crippen LogP contribution in [-0.2, 0) is 25.7 Å². The molecule has 0 aromatic heterocycles. The summed E-state index contributed by atoms with van der Waals surface area (Å²) < 4.78 is 11.2. The highest BCUT2D eigenvalue weighted by molar-refractivity contribution is 5.97. The van der Waals surface area contributed by atoms with Crippen LogP contribution in [0.4, 0.5) is 4.79 Å². The van der Waals surface area contributed by atoms with Gasteiger partial charge in [0.25, 0.3) is 0 Å². The zero-order valence-electron chi connectivity index (χ0n) is 22.8. The number of benzene rings is 3. The van der Waals surface area contributed by atoms with E-state index in [0.29, 0.717) is 6.42 Å². The number of ether oxygens (including phenoxy) is 2. The van der Waals surface area contributed by atoms with Crippen LogP contribution >= 0.6 is 0 Å². The van der Waals surface area contributed by atoms with E-state index in [1.807, 2.05) is 117 Å². The van der Waals surface area contributed by atoms with Crippen LogP contribution in [0.5, 0.6) is 0 Å². The van der Waals surface area contributed by atoms with Gasteiger partial charge in [0.05, 0.1) is 12.1 Å². The maximum absolute atomic E-state index is 13.9. The zero-order chi connectivity index (χ0) is 28.1. The maximum Gasteiger partial charge on any atom is 0.411 e. The summed E-state index contributed by atoms with van der Waals surface area (Å²) in [6, 6.07) is 26.3. The maximum atomic E-state index is 13.9. The van der Waals surface area contributed by atoms with Gasteiger partial charge in [-0.25, -0.2) is 9.59 Å². The normalized spacial score (nSPS) is 21.4. The predicted octanol–water partition coefficient (Wildman–Crippen LogP) is 5.63. The second kappa shape index (κ2) is 12.2. The zero-order valence-corrected chi connectivity index (χ0v) is 22.8. The lowest BCUT2D eigenvalue weighted by Gasteiger charge is -2.52. The van der Waals surface area contributed by atoms with Gasteiger partial charge in [0.15, 0.2) is 0 Å². The Balaban J connectivity index is 1.45. The van der Waals surface area contributed by atoms with E-state index in [4.69, 9.17) is 9.47 Å². The fourth-order valence-corrected chi connectivity index (χ4v) is 5.40. The SMILES string of the molecule is CC(C)CC(C(=O)OCc1ccccc1)N1C(=O)C(N2C(=O)OC[C@H]2c2ccccc2)C1C=Cc1ccccc1. The summed E-state index contributed by atoms with van der Waals surface area (Å²) in [7, 11) is 0. The molecule has 0 radical (unpaired) electrons. The molecule has 2 saturated heterocycles. The Labute approximate surface area is 235 Å². The highest BCUT2D eigenvalue weighted by Crippen LogP contribution is 2.39. The molecule has 206 valence electrons. The molecule has 3 aromatic rings. The van der Waals surface area contributed by atoms with Crippen molar-refractivity contribution in [3.8, 4) is 0 Å². The van der Waals surface area contributed by atoms with Crippen molar-refractivity contribution in [2.45, 2.75) is 51.0 Å². The van der Waals surface area contributed by atoms with E-state index in [2.05, 4.69) is 0 Å². The van der Waals surface area contributed by atoms with Crippen molar-refractivity contribution >= 4 is 24.0 Å². The van der Waals surface area contributed by atoms with Gasteiger partial charge in [0, 0.05) is 0 Å². The molecular weight excluding hydrogens is 504 g/mol. The van der Waals surface area contributed by atoms with Crippen molar-refractivity contribution in [1.29, 1.82) is 0 Å². The number of carbonyl (C=O) groups excluding carboxylic acids is 3. The Hall–Kier alpha value is -4.39. The minimum absolute atomic E-state index is 0.124. The number of likely N-dealkylation sites (tertiary alicyclic amines) is 1. The number of β-lactam (4-membered cyclic amide) rings is 1. The number of amides is 2. The molecule has 2 aliphatic rings. The van der Waals surface area contributed by atoms with Crippen LogP contribution in [0, 0.1) is 5.92 Å². The van der Waals surface area contributed by atoms with Gasteiger partial charge in [-0.1, -0.05) is 117 Å². The highest BCUT2D eigenvalue weighted by Gasteiger charge is 2.58. The van der Waals surface area contributed by atoms with E-state index in [9.17, 15) is 14.4 Å². The first-order valence-corrected chi connectivity index (χ1v) is 13.7. The first-order valence-electron chi connectivity index (χ1n) is 13.7.